The van der Waals surface area contributed by atoms with E-state index >= 15 is 0 Å². The molecule has 1 unspecified atom stereocenters. The van der Waals surface area contributed by atoms with Crippen LogP contribution in [0.5, 0.6) is 0 Å². The van der Waals surface area contributed by atoms with E-state index in [1.54, 1.807) is 0 Å². The van der Waals surface area contributed by atoms with Crippen LogP contribution in [0.2, 0.25) is 5.02 Å². The van der Waals surface area contributed by atoms with E-state index in [-0.39, 0.29) is 6.04 Å². The average Bonchev–Trinajstić information content (AvgIpc) is 2.45. The van der Waals surface area contributed by atoms with E-state index in [0.29, 0.717) is 5.56 Å². The predicted molar refractivity (Wildman–Crippen MR) is 80.1 cm³/mol. The number of para-hydroxylation sites is 1. The molecule has 2 nitrogen and oxygen atoms in total. The van der Waals surface area contributed by atoms with Crippen LogP contribution in [0.1, 0.15) is 28.9 Å². The average molecular weight is 274 g/mol. The summed E-state index contributed by atoms with van der Waals surface area (Å²) in [5, 5.41) is 0.724. The molecule has 2 aromatic rings. The van der Waals surface area contributed by atoms with E-state index in [4.69, 9.17) is 11.6 Å². The lowest BCUT2D eigenvalue weighted by Gasteiger charge is -2.28. The van der Waals surface area contributed by atoms with Crippen molar-refractivity contribution >= 4 is 23.6 Å². The van der Waals surface area contributed by atoms with Gasteiger partial charge in [-0.3, -0.25) is 4.79 Å². The Labute approximate surface area is 118 Å². The summed E-state index contributed by atoms with van der Waals surface area (Å²) in [7, 11) is 1.98. The number of benzene rings is 2. The Balaban J connectivity index is 2.33. The molecule has 0 aliphatic carbocycles. The fraction of sp³-hybridized carbons (Fsp3) is 0.188. The largest absolute Gasteiger partial charge is 0.367 e. The molecule has 0 aromatic heterocycles. The van der Waals surface area contributed by atoms with Crippen molar-refractivity contribution in [2.75, 3.05) is 11.9 Å². The van der Waals surface area contributed by atoms with Gasteiger partial charge in [0.2, 0.25) is 0 Å². The zero-order valence-corrected chi connectivity index (χ0v) is 11.8. The third-order valence-corrected chi connectivity index (χ3v) is 3.59. The summed E-state index contributed by atoms with van der Waals surface area (Å²) in [4.78, 5) is 13.2. The number of carbonyl (C=O) groups excluding carboxylic acids is 1. The maximum atomic E-state index is 11.1. The van der Waals surface area contributed by atoms with E-state index < -0.39 is 0 Å². The molecule has 98 valence electrons. The van der Waals surface area contributed by atoms with Crippen molar-refractivity contribution in [1.29, 1.82) is 0 Å². The molecule has 0 heterocycles. The Bertz CT molecular complexity index is 582. The molecular formula is C16H16ClNO. The Morgan fingerprint density at radius 3 is 2.58 bits per heavy atom. The van der Waals surface area contributed by atoms with Crippen molar-refractivity contribution in [2.45, 2.75) is 13.0 Å². The molecule has 0 aliphatic heterocycles. The Hall–Kier alpha value is -1.80. The molecule has 0 aliphatic rings. The van der Waals surface area contributed by atoms with Crippen molar-refractivity contribution < 1.29 is 4.79 Å². The van der Waals surface area contributed by atoms with Crippen molar-refractivity contribution in [3.05, 3.63) is 64.7 Å². The molecule has 2 aromatic carbocycles. The highest BCUT2D eigenvalue weighted by Gasteiger charge is 2.14. The van der Waals surface area contributed by atoms with E-state index in [9.17, 15) is 4.79 Å². The summed E-state index contributed by atoms with van der Waals surface area (Å²) in [6, 6.07) is 15.5. The molecule has 0 amide bonds. The van der Waals surface area contributed by atoms with Gasteiger partial charge in [0.05, 0.1) is 6.04 Å². The molecule has 0 saturated heterocycles. The highest BCUT2D eigenvalue weighted by Crippen LogP contribution is 2.28. The van der Waals surface area contributed by atoms with Crippen LogP contribution in [0.3, 0.4) is 0 Å². The van der Waals surface area contributed by atoms with E-state index in [1.807, 2.05) is 55.6 Å². The molecule has 0 spiro atoms. The molecule has 0 bridgehead atoms. The summed E-state index contributed by atoms with van der Waals surface area (Å²) in [5.41, 5.74) is 2.74. The molecule has 19 heavy (non-hydrogen) atoms. The third-order valence-electron chi connectivity index (χ3n) is 3.36. The topological polar surface area (TPSA) is 20.3 Å². The fourth-order valence-electron chi connectivity index (χ4n) is 2.11. The first-order chi connectivity index (χ1) is 9.13. The predicted octanol–water partition coefficient (Wildman–Crippen LogP) is 4.35. The number of hydrogen-bond acceptors (Lipinski definition) is 2. The first-order valence-corrected chi connectivity index (χ1v) is 6.54. The van der Waals surface area contributed by atoms with Gasteiger partial charge in [-0.15, -0.1) is 0 Å². The zero-order chi connectivity index (χ0) is 13.8. The summed E-state index contributed by atoms with van der Waals surface area (Å²) >= 11 is 6.02. The zero-order valence-electron chi connectivity index (χ0n) is 11.0. The highest BCUT2D eigenvalue weighted by atomic mass is 35.5. The minimum atomic E-state index is 0.139. The summed E-state index contributed by atoms with van der Waals surface area (Å²) in [6.07, 6.45) is 0.885. The molecule has 2 rings (SSSR count). The van der Waals surface area contributed by atoms with Crippen LogP contribution in [0.25, 0.3) is 0 Å². The highest BCUT2D eigenvalue weighted by molar-refractivity contribution is 6.30. The number of aldehydes is 1. The van der Waals surface area contributed by atoms with Gasteiger partial charge in [0.25, 0.3) is 0 Å². The van der Waals surface area contributed by atoms with E-state index in [2.05, 4.69) is 11.8 Å². The monoisotopic (exact) mass is 273 g/mol. The van der Waals surface area contributed by atoms with Gasteiger partial charge < -0.3 is 4.90 Å². The number of carbonyl (C=O) groups is 1. The lowest BCUT2D eigenvalue weighted by molar-refractivity contribution is 0.112. The third kappa shape index (κ3) is 2.96. The smallest absolute Gasteiger partial charge is 0.152 e. The summed E-state index contributed by atoms with van der Waals surface area (Å²) in [6.45, 7) is 2.09. The maximum absolute atomic E-state index is 11.1. The first kappa shape index (κ1) is 13.6. The second-order valence-electron chi connectivity index (χ2n) is 4.52. The van der Waals surface area contributed by atoms with Crippen LogP contribution in [-0.4, -0.2) is 13.3 Å². The quantitative estimate of drug-likeness (QED) is 0.772. The minimum absolute atomic E-state index is 0.139. The van der Waals surface area contributed by atoms with Crippen molar-refractivity contribution in [3.63, 3.8) is 0 Å². The fourth-order valence-corrected chi connectivity index (χ4v) is 2.31. The number of anilines is 1. The molecule has 0 fully saturated rings. The Kier molecular flexibility index (Phi) is 4.23. The van der Waals surface area contributed by atoms with Crippen LogP contribution in [0.15, 0.2) is 48.5 Å². The van der Waals surface area contributed by atoms with Crippen molar-refractivity contribution in [3.8, 4) is 0 Å². The van der Waals surface area contributed by atoms with Crippen LogP contribution in [0, 0.1) is 0 Å². The SMILES string of the molecule is CC(c1cccc(Cl)c1)N(C)c1ccccc1C=O. The second-order valence-corrected chi connectivity index (χ2v) is 4.95. The van der Waals surface area contributed by atoms with E-state index in [0.717, 1.165) is 22.6 Å². The molecule has 0 N–H and O–H groups in total. The van der Waals surface area contributed by atoms with Crippen molar-refractivity contribution in [1.82, 2.24) is 0 Å². The molecule has 1 atom stereocenters. The second kappa shape index (κ2) is 5.89. The molecule has 0 saturated carbocycles. The molecule has 0 radical (unpaired) electrons. The normalized spacial score (nSPS) is 11.9. The van der Waals surface area contributed by atoms with Crippen LogP contribution in [-0.2, 0) is 0 Å². The van der Waals surface area contributed by atoms with E-state index in [1.165, 1.54) is 0 Å². The van der Waals surface area contributed by atoms with Gasteiger partial charge in [0.1, 0.15) is 0 Å². The van der Waals surface area contributed by atoms with Gasteiger partial charge in [-0.1, -0.05) is 35.9 Å². The van der Waals surface area contributed by atoms with Gasteiger partial charge in [-0.05, 0) is 36.8 Å². The number of hydrogen-bond donors (Lipinski definition) is 0. The van der Waals surface area contributed by atoms with Gasteiger partial charge in [0.15, 0.2) is 6.29 Å². The lowest BCUT2D eigenvalue weighted by atomic mass is 10.1. The summed E-state index contributed by atoms with van der Waals surface area (Å²) < 4.78 is 0. The lowest BCUT2D eigenvalue weighted by Crippen LogP contribution is -2.22. The molecular weight excluding hydrogens is 258 g/mol. The number of halogens is 1. The Morgan fingerprint density at radius 2 is 1.89 bits per heavy atom. The summed E-state index contributed by atoms with van der Waals surface area (Å²) in [5.74, 6) is 0. The van der Waals surface area contributed by atoms with Gasteiger partial charge in [0, 0.05) is 23.3 Å². The van der Waals surface area contributed by atoms with Crippen LogP contribution < -0.4 is 4.90 Å². The van der Waals surface area contributed by atoms with Gasteiger partial charge >= 0.3 is 0 Å². The first-order valence-electron chi connectivity index (χ1n) is 6.16. The van der Waals surface area contributed by atoms with Crippen LogP contribution >= 0.6 is 11.6 Å². The number of nitrogens with zero attached hydrogens (tertiary/aromatic N) is 1. The van der Waals surface area contributed by atoms with Gasteiger partial charge in [-0.25, -0.2) is 0 Å². The van der Waals surface area contributed by atoms with Gasteiger partial charge in [-0.2, -0.15) is 0 Å². The molecule has 3 heteroatoms. The minimum Gasteiger partial charge on any atom is -0.367 e. The standard InChI is InChI=1S/C16H16ClNO/c1-12(13-7-5-8-15(17)10-13)18(2)16-9-4-3-6-14(16)11-19/h3-12H,1-2H3. The van der Waals surface area contributed by atoms with Crippen molar-refractivity contribution in [2.24, 2.45) is 0 Å². The maximum Gasteiger partial charge on any atom is 0.152 e. The van der Waals surface area contributed by atoms with Crippen LogP contribution in [0.4, 0.5) is 5.69 Å². The number of rotatable bonds is 4. The Morgan fingerprint density at radius 1 is 1.16 bits per heavy atom.